The molecule has 2 N–H and O–H groups in total. The molecule has 5 heteroatoms. The molecule has 19 heavy (non-hydrogen) atoms. The highest BCUT2D eigenvalue weighted by molar-refractivity contribution is 5.51. The Kier molecular flexibility index (Phi) is 3.64. The van der Waals surface area contributed by atoms with Gasteiger partial charge in [-0.1, -0.05) is 6.07 Å². The smallest absolute Gasteiger partial charge is 0.187 e. The van der Waals surface area contributed by atoms with Crippen molar-refractivity contribution in [1.29, 1.82) is 0 Å². The lowest BCUT2D eigenvalue weighted by Crippen LogP contribution is -2.03. The summed E-state index contributed by atoms with van der Waals surface area (Å²) in [7, 11) is 0. The van der Waals surface area contributed by atoms with Crippen LogP contribution in [0.15, 0.2) is 30.3 Å². The Balaban J connectivity index is 2.17. The minimum atomic E-state index is -1.02. The summed E-state index contributed by atoms with van der Waals surface area (Å²) >= 11 is 0. The van der Waals surface area contributed by atoms with E-state index in [0.717, 1.165) is 12.1 Å². The van der Waals surface area contributed by atoms with Gasteiger partial charge < -0.3 is 10.4 Å². The molecule has 0 saturated carbocycles. The number of phenolic OH excluding ortho intramolecular Hbond substituents is 1. The minimum absolute atomic E-state index is 0.123. The van der Waals surface area contributed by atoms with Crippen molar-refractivity contribution < 1.29 is 18.3 Å². The van der Waals surface area contributed by atoms with Gasteiger partial charge in [0, 0.05) is 17.8 Å². The van der Waals surface area contributed by atoms with E-state index in [4.69, 9.17) is 5.11 Å². The Morgan fingerprint density at radius 2 is 1.68 bits per heavy atom. The number of halogens is 3. The largest absolute Gasteiger partial charge is 0.503 e. The average molecular weight is 267 g/mol. The molecular formula is C14H12F3NO. The molecule has 0 saturated heterocycles. The molecule has 100 valence electrons. The van der Waals surface area contributed by atoms with Crippen molar-refractivity contribution in [3.05, 3.63) is 58.9 Å². The number of nitrogens with one attached hydrogen (secondary N) is 1. The van der Waals surface area contributed by atoms with Crippen molar-refractivity contribution in [2.24, 2.45) is 0 Å². The molecule has 0 amide bonds. The van der Waals surface area contributed by atoms with E-state index < -0.39 is 17.4 Å². The van der Waals surface area contributed by atoms with E-state index in [-0.39, 0.29) is 12.4 Å². The number of hydrogen-bond acceptors (Lipinski definition) is 2. The second kappa shape index (κ2) is 5.22. The summed E-state index contributed by atoms with van der Waals surface area (Å²) < 4.78 is 39.6. The van der Waals surface area contributed by atoms with E-state index in [9.17, 15) is 13.2 Å². The van der Waals surface area contributed by atoms with Gasteiger partial charge in [0.25, 0.3) is 0 Å². The first-order chi connectivity index (χ1) is 8.99. The third kappa shape index (κ3) is 2.81. The molecule has 0 atom stereocenters. The van der Waals surface area contributed by atoms with Crippen LogP contribution in [0.2, 0.25) is 0 Å². The molecule has 0 aliphatic carbocycles. The maximum absolute atomic E-state index is 13.3. The first-order valence-corrected chi connectivity index (χ1v) is 5.65. The zero-order valence-corrected chi connectivity index (χ0v) is 10.2. The number of anilines is 1. The maximum atomic E-state index is 13.3. The van der Waals surface area contributed by atoms with Gasteiger partial charge in [-0.3, -0.25) is 0 Å². The number of rotatable bonds is 3. The van der Waals surface area contributed by atoms with E-state index >= 15 is 0 Å². The van der Waals surface area contributed by atoms with E-state index in [1.807, 2.05) is 0 Å². The van der Waals surface area contributed by atoms with Gasteiger partial charge in [0.2, 0.25) is 0 Å². The molecule has 0 fully saturated rings. The Morgan fingerprint density at radius 1 is 1.05 bits per heavy atom. The van der Waals surface area contributed by atoms with Crippen molar-refractivity contribution >= 4 is 5.69 Å². The van der Waals surface area contributed by atoms with Crippen LogP contribution in [0.5, 0.6) is 5.75 Å². The lowest BCUT2D eigenvalue weighted by atomic mass is 10.1. The Morgan fingerprint density at radius 3 is 2.32 bits per heavy atom. The number of aromatic hydroxyl groups is 1. The summed E-state index contributed by atoms with van der Waals surface area (Å²) in [5, 5.41) is 11.9. The molecule has 0 spiro atoms. The normalized spacial score (nSPS) is 10.5. The van der Waals surface area contributed by atoms with Crippen molar-refractivity contribution in [2.45, 2.75) is 13.5 Å². The summed E-state index contributed by atoms with van der Waals surface area (Å²) in [6.07, 6.45) is 0. The molecule has 0 aliphatic rings. The van der Waals surface area contributed by atoms with Gasteiger partial charge in [-0.2, -0.15) is 0 Å². The van der Waals surface area contributed by atoms with E-state index in [0.29, 0.717) is 16.8 Å². The molecule has 2 aromatic carbocycles. The van der Waals surface area contributed by atoms with Crippen molar-refractivity contribution in [1.82, 2.24) is 0 Å². The monoisotopic (exact) mass is 267 g/mol. The molecule has 0 heterocycles. The molecule has 2 rings (SSSR count). The van der Waals surface area contributed by atoms with E-state index in [2.05, 4.69) is 5.32 Å². The summed E-state index contributed by atoms with van der Waals surface area (Å²) in [5.41, 5.74) is 1.30. The second-order valence-corrected chi connectivity index (χ2v) is 4.17. The van der Waals surface area contributed by atoms with Crippen LogP contribution in [0.25, 0.3) is 0 Å². The average Bonchev–Trinajstić information content (AvgIpc) is 2.37. The van der Waals surface area contributed by atoms with Gasteiger partial charge in [-0.15, -0.1) is 0 Å². The molecule has 0 aromatic heterocycles. The predicted molar refractivity (Wildman–Crippen MR) is 66.5 cm³/mol. The number of hydrogen-bond donors (Lipinski definition) is 2. The summed E-state index contributed by atoms with van der Waals surface area (Å²) in [5.74, 6) is -3.39. The Labute approximate surface area is 108 Å². The lowest BCUT2D eigenvalue weighted by molar-refractivity contribution is 0.395. The molecule has 2 nitrogen and oxygen atoms in total. The maximum Gasteiger partial charge on any atom is 0.187 e. The van der Waals surface area contributed by atoms with Gasteiger partial charge in [0.05, 0.1) is 0 Å². The molecule has 2 aromatic rings. The van der Waals surface area contributed by atoms with Gasteiger partial charge in [0.15, 0.2) is 17.4 Å². The highest BCUT2D eigenvalue weighted by Crippen LogP contribution is 2.23. The third-order valence-electron chi connectivity index (χ3n) is 2.83. The van der Waals surface area contributed by atoms with Crippen molar-refractivity contribution in [3.8, 4) is 5.75 Å². The SMILES string of the molecule is Cc1c(F)cccc1NCc1cc(F)c(O)c(F)c1. The topological polar surface area (TPSA) is 32.3 Å². The van der Waals surface area contributed by atoms with Gasteiger partial charge in [-0.25, -0.2) is 13.2 Å². The summed E-state index contributed by atoms with van der Waals surface area (Å²) in [4.78, 5) is 0. The van der Waals surface area contributed by atoms with Crippen molar-refractivity contribution in [2.75, 3.05) is 5.32 Å². The molecule has 0 bridgehead atoms. The zero-order chi connectivity index (χ0) is 14.0. The highest BCUT2D eigenvalue weighted by Gasteiger charge is 2.10. The minimum Gasteiger partial charge on any atom is -0.503 e. The molecular weight excluding hydrogens is 255 g/mol. The number of benzene rings is 2. The molecule has 0 aliphatic heterocycles. The van der Waals surface area contributed by atoms with Crippen LogP contribution in [0.1, 0.15) is 11.1 Å². The number of phenols is 1. The predicted octanol–water partition coefficient (Wildman–Crippen LogP) is 3.73. The van der Waals surface area contributed by atoms with Crippen LogP contribution in [0.4, 0.5) is 18.9 Å². The summed E-state index contributed by atoms with van der Waals surface area (Å²) in [6.45, 7) is 1.73. The van der Waals surface area contributed by atoms with Crippen LogP contribution in [0.3, 0.4) is 0 Å². The van der Waals surface area contributed by atoms with Crippen LogP contribution >= 0.6 is 0 Å². The van der Waals surface area contributed by atoms with Crippen LogP contribution in [0, 0.1) is 24.4 Å². The Hall–Kier alpha value is -2.17. The fraction of sp³-hybridized carbons (Fsp3) is 0.143. The van der Waals surface area contributed by atoms with Gasteiger partial charge in [0.1, 0.15) is 5.82 Å². The standard InChI is InChI=1S/C14H12F3NO/c1-8-10(15)3-2-4-13(8)18-7-9-5-11(16)14(19)12(17)6-9/h2-6,18-19H,7H2,1H3. The van der Waals surface area contributed by atoms with Gasteiger partial charge >= 0.3 is 0 Å². The van der Waals surface area contributed by atoms with Crippen LogP contribution < -0.4 is 5.32 Å². The fourth-order valence-electron chi connectivity index (χ4n) is 1.72. The first-order valence-electron chi connectivity index (χ1n) is 5.65. The lowest BCUT2D eigenvalue weighted by Gasteiger charge is -2.10. The van der Waals surface area contributed by atoms with Crippen molar-refractivity contribution in [3.63, 3.8) is 0 Å². The fourth-order valence-corrected chi connectivity index (χ4v) is 1.72. The first kappa shape index (κ1) is 13.3. The van der Waals surface area contributed by atoms with Gasteiger partial charge in [-0.05, 0) is 36.8 Å². The van der Waals surface area contributed by atoms with E-state index in [1.165, 1.54) is 6.07 Å². The quantitative estimate of drug-likeness (QED) is 0.888. The third-order valence-corrected chi connectivity index (χ3v) is 2.83. The zero-order valence-electron chi connectivity index (χ0n) is 10.2. The van der Waals surface area contributed by atoms with Crippen LogP contribution in [-0.2, 0) is 6.54 Å². The molecule has 0 unspecified atom stereocenters. The highest BCUT2D eigenvalue weighted by atomic mass is 19.1. The van der Waals surface area contributed by atoms with Crippen LogP contribution in [-0.4, -0.2) is 5.11 Å². The Bertz CT molecular complexity index is 591. The van der Waals surface area contributed by atoms with E-state index in [1.54, 1.807) is 19.1 Å². The molecule has 0 radical (unpaired) electrons. The second-order valence-electron chi connectivity index (χ2n) is 4.17. The summed E-state index contributed by atoms with van der Waals surface area (Å²) in [6, 6.07) is 6.61.